The molecule has 6 rings (SSSR count). The van der Waals surface area contributed by atoms with E-state index in [1.54, 1.807) is 53.1 Å². The van der Waals surface area contributed by atoms with Crippen molar-refractivity contribution in [2.75, 3.05) is 31.0 Å². The molecule has 1 amide bonds. The number of esters is 1. The van der Waals surface area contributed by atoms with Crippen LogP contribution in [0, 0.1) is 0 Å². The predicted molar refractivity (Wildman–Crippen MR) is 167 cm³/mol. The zero-order valence-electron chi connectivity index (χ0n) is 23.8. The molecule has 0 saturated carbocycles. The Labute approximate surface area is 254 Å². The van der Waals surface area contributed by atoms with Crippen LogP contribution in [0.1, 0.15) is 27.3 Å². The summed E-state index contributed by atoms with van der Waals surface area (Å²) < 4.78 is 41.2. The highest BCUT2D eigenvalue weighted by atomic mass is 32.2. The van der Waals surface area contributed by atoms with Gasteiger partial charge >= 0.3 is 12.1 Å². The van der Waals surface area contributed by atoms with Crippen LogP contribution < -0.4 is 10.5 Å². The van der Waals surface area contributed by atoms with Crippen molar-refractivity contribution < 1.29 is 27.5 Å². The third-order valence-corrected chi connectivity index (χ3v) is 8.67. The number of sulfonamides is 1. The Morgan fingerprint density at radius 2 is 1.80 bits per heavy atom. The standard InChI is InChI=1S/C32H31N5O6S/c33-19-26-11-10-24-18-29(31(38)42-14-12-36-13-15-43-32(36)39)37(30(24)34-26)20-25-17-27(16-23-8-4-5-9-28(23)25)35-44(40,41)21-22-6-2-1-3-7-22/h1-11,16-18,35H,12-15,19-21,33H2. The Kier molecular flexibility index (Phi) is 8.18. The first-order valence-corrected chi connectivity index (χ1v) is 15.8. The molecular weight excluding hydrogens is 582 g/mol. The molecule has 0 atom stereocenters. The Balaban J connectivity index is 1.34. The number of hydrogen-bond donors (Lipinski definition) is 2. The molecule has 1 aliphatic rings. The van der Waals surface area contributed by atoms with Gasteiger partial charge in [-0.1, -0.05) is 54.6 Å². The van der Waals surface area contributed by atoms with Crippen molar-refractivity contribution in [3.05, 3.63) is 107 Å². The maximum atomic E-state index is 13.4. The number of nitrogens with zero attached hydrogens (tertiary/aromatic N) is 3. The molecule has 1 aliphatic heterocycles. The minimum Gasteiger partial charge on any atom is -0.459 e. The number of carbonyl (C=O) groups is 2. The number of cyclic esters (lactones) is 1. The summed E-state index contributed by atoms with van der Waals surface area (Å²) in [6.07, 6.45) is -0.431. The summed E-state index contributed by atoms with van der Waals surface area (Å²) in [7, 11) is -3.72. The fourth-order valence-electron chi connectivity index (χ4n) is 5.32. The van der Waals surface area contributed by atoms with Gasteiger partial charge in [0, 0.05) is 17.6 Å². The SMILES string of the molecule is NCc1ccc2cc(C(=O)OCCN3CCOC3=O)n(Cc3cc(NS(=O)(=O)Cc4ccccc4)cc4ccccc34)c2n1. The van der Waals surface area contributed by atoms with E-state index in [1.165, 1.54) is 4.90 Å². The number of carbonyl (C=O) groups excluding carboxylic acids is 2. The second-order valence-corrected chi connectivity index (χ2v) is 12.2. The van der Waals surface area contributed by atoms with Gasteiger partial charge in [-0.25, -0.2) is 23.0 Å². The number of anilines is 1. The smallest absolute Gasteiger partial charge is 0.410 e. The molecule has 1 fully saturated rings. The van der Waals surface area contributed by atoms with Crippen molar-refractivity contribution >= 4 is 49.6 Å². The third-order valence-electron chi connectivity index (χ3n) is 7.41. The van der Waals surface area contributed by atoms with Gasteiger partial charge in [0.2, 0.25) is 10.0 Å². The lowest BCUT2D eigenvalue weighted by Gasteiger charge is -2.16. The van der Waals surface area contributed by atoms with Crippen LogP contribution in [0.5, 0.6) is 0 Å². The predicted octanol–water partition coefficient (Wildman–Crippen LogP) is 4.25. The molecule has 44 heavy (non-hydrogen) atoms. The van der Waals surface area contributed by atoms with Gasteiger partial charge in [0.1, 0.15) is 24.6 Å². The Morgan fingerprint density at radius 3 is 2.57 bits per heavy atom. The van der Waals surface area contributed by atoms with E-state index in [4.69, 9.17) is 20.2 Å². The van der Waals surface area contributed by atoms with Crippen molar-refractivity contribution in [1.82, 2.24) is 14.5 Å². The molecule has 3 heterocycles. The number of nitrogens with two attached hydrogens (primary N) is 1. The molecule has 0 bridgehead atoms. The molecule has 12 heteroatoms. The van der Waals surface area contributed by atoms with E-state index in [9.17, 15) is 18.0 Å². The van der Waals surface area contributed by atoms with Crippen LogP contribution in [0.2, 0.25) is 0 Å². The van der Waals surface area contributed by atoms with Crippen LogP contribution in [-0.4, -0.2) is 61.2 Å². The van der Waals surface area contributed by atoms with Crippen LogP contribution in [0.25, 0.3) is 21.8 Å². The topological polar surface area (TPSA) is 146 Å². The number of rotatable bonds is 11. The number of fused-ring (bicyclic) bond motifs is 2. The number of amides is 1. The Hall–Kier alpha value is -4.94. The second kappa shape index (κ2) is 12.3. The average Bonchev–Trinajstić information content (AvgIpc) is 3.59. The highest BCUT2D eigenvalue weighted by Crippen LogP contribution is 2.29. The number of pyridine rings is 1. The molecule has 3 N–H and O–H groups in total. The van der Waals surface area contributed by atoms with Gasteiger partial charge in [-0.2, -0.15) is 0 Å². The van der Waals surface area contributed by atoms with E-state index in [-0.39, 0.29) is 37.7 Å². The van der Waals surface area contributed by atoms with E-state index >= 15 is 0 Å². The molecule has 0 radical (unpaired) electrons. The highest BCUT2D eigenvalue weighted by molar-refractivity contribution is 7.91. The quantitative estimate of drug-likeness (QED) is 0.210. The van der Waals surface area contributed by atoms with Crippen molar-refractivity contribution in [3.8, 4) is 0 Å². The molecule has 1 saturated heterocycles. The maximum absolute atomic E-state index is 13.4. The monoisotopic (exact) mass is 613 g/mol. The van der Waals surface area contributed by atoms with Gasteiger partial charge in [-0.15, -0.1) is 0 Å². The number of hydrogen-bond acceptors (Lipinski definition) is 8. The van der Waals surface area contributed by atoms with Crippen LogP contribution in [0.3, 0.4) is 0 Å². The largest absolute Gasteiger partial charge is 0.459 e. The first kappa shape index (κ1) is 29.1. The van der Waals surface area contributed by atoms with Crippen LogP contribution in [0.4, 0.5) is 10.5 Å². The summed E-state index contributed by atoms with van der Waals surface area (Å²) in [5.41, 5.74) is 9.19. The second-order valence-electron chi connectivity index (χ2n) is 10.5. The number of benzene rings is 3. The fourth-order valence-corrected chi connectivity index (χ4v) is 6.50. The van der Waals surface area contributed by atoms with E-state index in [0.717, 1.165) is 21.7 Å². The zero-order valence-corrected chi connectivity index (χ0v) is 24.6. The Morgan fingerprint density at radius 1 is 1.00 bits per heavy atom. The number of ether oxygens (including phenoxy) is 2. The van der Waals surface area contributed by atoms with E-state index in [0.29, 0.717) is 35.7 Å². The van der Waals surface area contributed by atoms with Gasteiger partial charge < -0.3 is 24.7 Å². The lowest BCUT2D eigenvalue weighted by atomic mass is 10.0. The lowest BCUT2D eigenvalue weighted by Crippen LogP contribution is -2.29. The third kappa shape index (κ3) is 6.36. The summed E-state index contributed by atoms with van der Waals surface area (Å²) in [5.74, 6) is -0.747. The summed E-state index contributed by atoms with van der Waals surface area (Å²) in [6, 6.07) is 25.5. The van der Waals surface area contributed by atoms with Crippen LogP contribution in [0.15, 0.2) is 84.9 Å². The normalized spacial score (nSPS) is 13.4. The fraction of sp³-hybridized carbons (Fsp3) is 0.219. The van der Waals surface area contributed by atoms with Gasteiger partial charge in [0.05, 0.1) is 31.1 Å². The van der Waals surface area contributed by atoms with Gasteiger partial charge in [-0.05, 0) is 52.2 Å². The summed E-state index contributed by atoms with van der Waals surface area (Å²) >= 11 is 0. The minimum absolute atomic E-state index is 0.00144. The molecule has 0 aliphatic carbocycles. The van der Waals surface area contributed by atoms with Gasteiger partial charge in [0.25, 0.3) is 0 Å². The van der Waals surface area contributed by atoms with Crippen LogP contribution in [-0.2, 0) is 38.3 Å². The van der Waals surface area contributed by atoms with E-state index < -0.39 is 22.1 Å². The van der Waals surface area contributed by atoms with Gasteiger partial charge in [-0.3, -0.25) is 4.72 Å². The van der Waals surface area contributed by atoms with Crippen LogP contribution >= 0.6 is 0 Å². The maximum Gasteiger partial charge on any atom is 0.410 e. The van der Waals surface area contributed by atoms with Crippen molar-refractivity contribution in [1.29, 1.82) is 0 Å². The molecule has 2 aromatic heterocycles. The molecule has 3 aromatic carbocycles. The number of aromatic nitrogens is 2. The Bertz CT molecular complexity index is 1960. The van der Waals surface area contributed by atoms with E-state index in [2.05, 4.69) is 4.72 Å². The molecule has 226 valence electrons. The zero-order chi connectivity index (χ0) is 30.7. The first-order valence-electron chi connectivity index (χ1n) is 14.1. The first-order chi connectivity index (χ1) is 21.3. The molecule has 0 spiro atoms. The molecule has 0 unspecified atom stereocenters. The van der Waals surface area contributed by atoms with Crippen molar-refractivity contribution in [2.24, 2.45) is 5.73 Å². The average molecular weight is 614 g/mol. The van der Waals surface area contributed by atoms with E-state index in [1.807, 2.05) is 36.4 Å². The minimum atomic E-state index is -3.72. The summed E-state index contributed by atoms with van der Waals surface area (Å²) in [6.45, 7) is 1.39. The summed E-state index contributed by atoms with van der Waals surface area (Å²) in [4.78, 5) is 31.4. The number of nitrogens with one attached hydrogen (secondary N) is 1. The summed E-state index contributed by atoms with van der Waals surface area (Å²) in [5, 5.41) is 2.44. The molecule has 5 aromatic rings. The molecule has 11 nitrogen and oxygen atoms in total. The van der Waals surface area contributed by atoms with Crippen molar-refractivity contribution in [3.63, 3.8) is 0 Å². The van der Waals surface area contributed by atoms with Crippen molar-refractivity contribution in [2.45, 2.75) is 18.8 Å². The highest BCUT2D eigenvalue weighted by Gasteiger charge is 2.24. The lowest BCUT2D eigenvalue weighted by molar-refractivity contribution is 0.0466. The molecular formula is C32H31N5O6S. The van der Waals surface area contributed by atoms with Gasteiger partial charge in [0.15, 0.2) is 0 Å².